The Morgan fingerprint density at radius 2 is 2.21 bits per heavy atom. The highest BCUT2D eigenvalue weighted by molar-refractivity contribution is 7.89. The van der Waals surface area contributed by atoms with E-state index < -0.39 is 27.9 Å². The number of carbonyl (C=O) groups is 1. The number of aliphatic imine (C=N–C) groups is 1. The fraction of sp³-hybridized carbons (Fsp3) is 0.409. The zero-order valence-electron chi connectivity index (χ0n) is 18.3. The largest absolute Gasteiger partial charge is 0.463 e. The second-order valence-electron chi connectivity index (χ2n) is 8.19. The van der Waals surface area contributed by atoms with Crippen LogP contribution < -0.4 is 0 Å². The van der Waals surface area contributed by atoms with Crippen molar-refractivity contribution in [3.8, 4) is 0 Å². The Morgan fingerprint density at radius 1 is 1.38 bits per heavy atom. The molecule has 0 amide bonds. The Balaban J connectivity index is 1.67. The number of amidine groups is 1. The van der Waals surface area contributed by atoms with E-state index in [2.05, 4.69) is 4.98 Å². The van der Waals surface area contributed by atoms with Crippen LogP contribution in [0.4, 0.5) is 4.39 Å². The van der Waals surface area contributed by atoms with Crippen molar-refractivity contribution in [3.05, 3.63) is 62.5 Å². The van der Waals surface area contributed by atoms with Gasteiger partial charge >= 0.3 is 5.97 Å². The molecular formula is C22H22ClFN4O4S2. The lowest BCUT2D eigenvalue weighted by atomic mass is 9.94. The molecule has 180 valence electrons. The molecule has 2 atom stereocenters. The van der Waals surface area contributed by atoms with E-state index in [1.54, 1.807) is 13.1 Å². The monoisotopic (exact) mass is 524 g/mol. The molecule has 2 fully saturated rings. The molecule has 3 aliphatic rings. The maximum Gasteiger partial charge on any atom is 0.338 e. The summed E-state index contributed by atoms with van der Waals surface area (Å²) in [6.45, 7) is 2.66. The third-order valence-corrected chi connectivity index (χ3v) is 9.26. The highest BCUT2D eigenvalue weighted by Gasteiger charge is 2.46. The summed E-state index contributed by atoms with van der Waals surface area (Å²) in [7, 11) is -3.36. The molecule has 1 aromatic carbocycles. The first-order valence-electron chi connectivity index (χ1n) is 10.9. The molecule has 2 aromatic rings. The maximum absolute atomic E-state index is 13.8. The number of rotatable bonds is 5. The summed E-state index contributed by atoms with van der Waals surface area (Å²) in [4.78, 5) is 24.4. The molecule has 5 rings (SSSR count). The second kappa shape index (κ2) is 9.03. The number of nitrogens with zero attached hydrogens (tertiary/aromatic N) is 4. The first-order chi connectivity index (χ1) is 16.3. The van der Waals surface area contributed by atoms with Gasteiger partial charge in [-0.15, -0.1) is 11.3 Å². The highest BCUT2D eigenvalue weighted by Crippen LogP contribution is 2.44. The standard InChI is InChI=1S/C22H22ClFN4O4S2/c1-2-32-22(29)18-17-11-14(28-7-3-9-34(28,30)31)12-27(17)20(21-25-6-8-33-21)26-19(18)15-5-4-13(24)10-16(15)23/h4-6,8,10,14,19H,2-3,7,9,11-12H2,1H3/t14-,19-/m0/s1. The van der Waals surface area contributed by atoms with Crippen molar-refractivity contribution in [2.75, 3.05) is 25.4 Å². The van der Waals surface area contributed by atoms with Gasteiger partial charge in [0.15, 0.2) is 10.8 Å². The summed E-state index contributed by atoms with van der Waals surface area (Å²) in [5.74, 6) is -0.405. The lowest BCUT2D eigenvalue weighted by molar-refractivity contribution is -0.139. The fourth-order valence-corrected chi connectivity index (χ4v) is 7.40. The van der Waals surface area contributed by atoms with Gasteiger partial charge in [0.2, 0.25) is 10.0 Å². The molecule has 0 unspecified atom stereocenters. The van der Waals surface area contributed by atoms with Crippen LogP contribution in [0.25, 0.3) is 0 Å². The van der Waals surface area contributed by atoms with E-state index in [1.165, 1.54) is 33.8 Å². The van der Waals surface area contributed by atoms with Gasteiger partial charge in [0.25, 0.3) is 0 Å². The lowest BCUT2D eigenvalue weighted by Crippen LogP contribution is -2.40. The third kappa shape index (κ3) is 4.04. The predicted octanol–water partition coefficient (Wildman–Crippen LogP) is 3.36. The molecule has 0 N–H and O–H groups in total. The summed E-state index contributed by atoms with van der Waals surface area (Å²) < 4.78 is 46.0. The number of aromatic nitrogens is 1. The number of halogens is 2. The topological polar surface area (TPSA) is 92.2 Å². The molecule has 8 nitrogen and oxygen atoms in total. The summed E-state index contributed by atoms with van der Waals surface area (Å²) in [6, 6.07) is 2.78. The van der Waals surface area contributed by atoms with Crippen LogP contribution in [0, 0.1) is 5.82 Å². The number of esters is 1. The Hall–Kier alpha value is -2.34. The van der Waals surface area contributed by atoms with Crippen molar-refractivity contribution in [1.29, 1.82) is 0 Å². The van der Waals surface area contributed by atoms with E-state index in [4.69, 9.17) is 21.3 Å². The van der Waals surface area contributed by atoms with E-state index in [9.17, 15) is 17.6 Å². The first-order valence-corrected chi connectivity index (χ1v) is 13.8. The molecule has 2 saturated heterocycles. The van der Waals surface area contributed by atoms with Crippen LogP contribution in [0.1, 0.15) is 36.4 Å². The van der Waals surface area contributed by atoms with Crippen molar-refractivity contribution >= 4 is 44.8 Å². The zero-order chi connectivity index (χ0) is 24.0. The van der Waals surface area contributed by atoms with Crippen LogP contribution in [0.15, 0.2) is 46.0 Å². The number of hydrogen-bond donors (Lipinski definition) is 0. The van der Waals surface area contributed by atoms with Crippen LogP contribution in [0.5, 0.6) is 0 Å². The van der Waals surface area contributed by atoms with Crippen molar-refractivity contribution in [2.24, 2.45) is 4.99 Å². The lowest BCUT2D eigenvalue weighted by Gasteiger charge is -2.31. The van der Waals surface area contributed by atoms with Crippen LogP contribution in [-0.4, -0.2) is 65.9 Å². The molecule has 3 aliphatic heterocycles. The fourth-order valence-electron chi connectivity index (χ4n) is 4.76. The summed E-state index contributed by atoms with van der Waals surface area (Å²) in [5.41, 5.74) is 1.38. The second-order valence-corrected chi connectivity index (χ2v) is 11.5. The number of fused-ring (bicyclic) bond motifs is 1. The first kappa shape index (κ1) is 23.4. The van der Waals surface area contributed by atoms with Gasteiger partial charge in [0.1, 0.15) is 11.9 Å². The predicted molar refractivity (Wildman–Crippen MR) is 127 cm³/mol. The molecule has 34 heavy (non-hydrogen) atoms. The Labute approximate surface area is 205 Å². The van der Waals surface area contributed by atoms with E-state index >= 15 is 0 Å². The average molecular weight is 525 g/mol. The van der Waals surface area contributed by atoms with Crippen molar-refractivity contribution in [2.45, 2.75) is 31.8 Å². The molecule has 0 aliphatic carbocycles. The van der Waals surface area contributed by atoms with Crippen LogP contribution in [0.2, 0.25) is 5.02 Å². The smallest absolute Gasteiger partial charge is 0.338 e. The normalized spacial score (nSPS) is 24.3. The van der Waals surface area contributed by atoms with Gasteiger partial charge in [-0.05, 0) is 25.5 Å². The van der Waals surface area contributed by atoms with Gasteiger partial charge in [-0.1, -0.05) is 17.7 Å². The molecule has 4 heterocycles. The van der Waals surface area contributed by atoms with Crippen LogP contribution in [0.3, 0.4) is 0 Å². The molecule has 12 heteroatoms. The van der Waals surface area contributed by atoms with Gasteiger partial charge in [0, 0.05) is 53.4 Å². The van der Waals surface area contributed by atoms with Gasteiger partial charge in [0.05, 0.1) is 17.9 Å². The quantitative estimate of drug-likeness (QED) is 0.557. The molecule has 0 saturated carbocycles. The van der Waals surface area contributed by atoms with E-state index in [0.717, 1.165) is 0 Å². The molecule has 0 radical (unpaired) electrons. The van der Waals surface area contributed by atoms with Gasteiger partial charge in [-0.2, -0.15) is 4.31 Å². The van der Waals surface area contributed by atoms with E-state index in [0.29, 0.717) is 48.0 Å². The molecule has 0 bridgehead atoms. The number of benzene rings is 1. The minimum atomic E-state index is -3.36. The Kier molecular flexibility index (Phi) is 6.21. The number of carbonyl (C=O) groups excluding carboxylic acids is 1. The minimum Gasteiger partial charge on any atom is -0.463 e. The number of ether oxygens (including phenoxy) is 1. The number of thiazole rings is 1. The minimum absolute atomic E-state index is 0.120. The van der Waals surface area contributed by atoms with E-state index in [-0.39, 0.29) is 29.0 Å². The average Bonchev–Trinajstić information content (AvgIpc) is 3.52. The van der Waals surface area contributed by atoms with Gasteiger partial charge in [-0.3, -0.25) is 4.99 Å². The third-order valence-electron chi connectivity index (χ3n) is 6.16. The van der Waals surface area contributed by atoms with E-state index in [1.807, 2.05) is 10.3 Å². The maximum atomic E-state index is 13.8. The van der Waals surface area contributed by atoms with Crippen molar-refractivity contribution in [1.82, 2.24) is 14.2 Å². The number of sulfonamides is 1. The number of hydrogen-bond acceptors (Lipinski definition) is 8. The van der Waals surface area contributed by atoms with Crippen molar-refractivity contribution < 1.29 is 22.3 Å². The van der Waals surface area contributed by atoms with Gasteiger partial charge in [-0.25, -0.2) is 22.6 Å². The Bertz CT molecular complexity index is 1300. The Morgan fingerprint density at radius 3 is 2.85 bits per heavy atom. The molecule has 0 spiro atoms. The van der Waals surface area contributed by atoms with Crippen LogP contribution >= 0.6 is 22.9 Å². The summed E-state index contributed by atoms with van der Waals surface area (Å²) in [5, 5.41) is 2.59. The highest BCUT2D eigenvalue weighted by atomic mass is 35.5. The van der Waals surface area contributed by atoms with Crippen LogP contribution in [-0.2, 0) is 19.6 Å². The summed E-state index contributed by atoms with van der Waals surface area (Å²) in [6.07, 6.45) is 2.56. The molecular weight excluding hydrogens is 503 g/mol. The zero-order valence-corrected chi connectivity index (χ0v) is 20.7. The summed E-state index contributed by atoms with van der Waals surface area (Å²) >= 11 is 7.79. The SMILES string of the molecule is CCOC(=O)C1=C2C[C@H](N3CCCS3(=O)=O)CN2C(c2nccs2)=N[C@H]1c1ccc(F)cc1Cl. The van der Waals surface area contributed by atoms with Gasteiger partial charge < -0.3 is 9.64 Å². The van der Waals surface area contributed by atoms with Crippen molar-refractivity contribution in [3.63, 3.8) is 0 Å². The molecule has 1 aromatic heterocycles.